The minimum absolute atomic E-state index is 0.277. The van der Waals surface area contributed by atoms with Gasteiger partial charge in [-0.15, -0.1) is 0 Å². The molecule has 0 radical (unpaired) electrons. The minimum atomic E-state index is 0.277. The molecule has 2 rings (SSSR count). The van der Waals surface area contributed by atoms with Gasteiger partial charge < -0.3 is 10.4 Å². The van der Waals surface area contributed by atoms with Gasteiger partial charge in [-0.2, -0.15) is 0 Å². The third-order valence-corrected chi connectivity index (χ3v) is 4.43. The van der Waals surface area contributed by atoms with Crippen LogP contribution in [0.3, 0.4) is 0 Å². The smallest absolute Gasteiger partial charge is 0.223 e. The number of aliphatic hydroxyl groups excluding tert-OH is 1. The number of hydrogen-bond acceptors (Lipinski definition) is 2. The predicted molar refractivity (Wildman–Crippen MR) is 67.5 cm³/mol. The lowest BCUT2D eigenvalue weighted by Crippen LogP contribution is -2.41. The van der Waals surface area contributed by atoms with E-state index in [2.05, 4.69) is 5.32 Å². The molecular formula is C14H25NO2. The van der Waals surface area contributed by atoms with Crippen molar-refractivity contribution in [3.05, 3.63) is 0 Å². The van der Waals surface area contributed by atoms with Crippen molar-refractivity contribution >= 4 is 5.91 Å². The molecular weight excluding hydrogens is 214 g/mol. The molecule has 2 saturated carbocycles. The van der Waals surface area contributed by atoms with E-state index in [1.54, 1.807) is 0 Å². The second-order valence-corrected chi connectivity index (χ2v) is 5.74. The van der Waals surface area contributed by atoms with Gasteiger partial charge in [-0.25, -0.2) is 0 Å². The fraction of sp³-hybridized carbons (Fsp3) is 0.929. The summed E-state index contributed by atoms with van der Waals surface area (Å²) in [5.74, 6) is 1.04. The summed E-state index contributed by atoms with van der Waals surface area (Å²) in [6.45, 7) is 0.309. The van der Waals surface area contributed by atoms with Gasteiger partial charge in [-0.3, -0.25) is 4.79 Å². The number of hydrogen-bond donors (Lipinski definition) is 2. The van der Waals surface area contributed by atoms with Crippen LogP contribution < -0.4 is 5.32 Å². The van der Waals surface area contributed by atoms with E-state index < -0.39 is 0 Å². The summed E-state index contributed by atoms with van der Waals surface area (Å²) in [5, 5.41) is 12.3. The Morgan fingerprint density at radius 3 is 2.24 bits per heavy atom. The highest BCUT2D eigenvalue weighted by atomic mass is 16.3. The summed E-state index contributed by atoms with van der Waals surface area (Å²) in [7, 11) is 0. The average molecular weight is 239 g/mol. The second-order valence-electron chi connectivity index (χ2n) is 5.74. The standard InChI is InChI=1S/C14H25NO2/c16-10-11-6-8-13(9-7-11)15-14(17)12-4-2-1-3-5-12/h11-13,16H,1-10H2,(H,15,17). The molecule has 98 valence electrons. The Labute approximate surface area is 104 Å². The highest BCUT2D eigenvalue weighted by Crippen LogP contribution is 2.26. The van der Waals surface area contributed by atoms with Crippen LogP contribution in [0.25, 0.3) is 0 Å². The first-order valence-electron chi connectivity index (χ1n) is 7.21. The van der Waals surface area contributed by atoms with Crippen molar-refractivity contribution in [2.45, 2.75) is 63.8 Å². The first kappa shape index (κ1) is 12.9. The quantitative estimate of drug-likeness (QED) is 0.793. The Morgan fingerprint density at radius 2 is 1.65 bits per heavy atom. The molecule has 0 atom stereocenters. The lowest BCUT2D eigenvalue weighted by atomic mass is 9.85. The van der Waals surface area contributed by atoms with Crippen molar-refractivity contribution in [1.29, 1.82) is 0 Å². The molecule has 1 amide bonds. The summed E-state index contributed by atoms with van der Waals surface area (Å²) < 4.78 is 0. The van der Waals surface area contributed by atoms with Crippen LogP contribution in [0.4, 0.5) is 0 Å². The van der Waals surface area contributed by atoms with Crippen LogP contribution in [-0.2, 0) is 4.79 Å². The highest BCUT2D eigenvalue weighted by molar-refractivity contribution is 5.79. The molecule has 0 aromatic carbocycles. The van der Waals surface area contributed by atoms with E-state index in [9.17, 15) is 4.79 Å². The molecule has 2 aliphatic carbocycles. The maximum atomic E-state index is 12.1. The van der Waals surface area contributed by atoms with E-state index in [0.29, 0.717) is 18.6 Å². The van der Waals surface area contributed by atoms with Gasteiger partial charge in [0.2, 0.25) is 5.91 Å². The van der Waals surface area contributed by atoms with Crippen molar-refractivity contribution in [2.24, 2.45) is 11.8 Å². The van der Waals surface area contributed by atoms with Crippen LogP contribution in [0.1, 0.15) is 57.8 Å². The molecule has 0 saturated heterocycles. The normalized spacial score (nSPS) is 31.1. The molecule has 0 bridgehead atoms. The van der Waals surface area contributed by atoms with Crippen molar-refractivity contribution in [1.82, 2.24) is 5.32 Å². The first-order valence-corrected chi connectivity index (χ1v) is 7.21. The fourth-order valence-corrected chi connectivity index (χ4v) is 3.17. The molecule has 0 spiro atoms. The Bertz CT molecular complexity index is 241. The summed E-state index contributed by atoms with van der Waals surface area (Å²) in [4.78, 5) is 12.1. The first-order chi connectivity index (χ1) is 8.29. The summed E-state index contributed by atoms with van der Waals surface area (Å²) in [6.07, 6.45) is 10.1. The SMILES string of the molecule is O=C(NC1CCC(CO)CC1)C1CCCCC1. The van der Waals surface area contributed by atoms with Gasteiger partial charge in [0.15, 0.2) is 0 Å². The number of carbonyl (C=O) groups excluding carboxylic acids is 1. The third kappa shape index (κ3) is 3.70. The predicted octanol–water partition coefficient (Wildman–Crippen LogP) is 2.23. The zero-order valence-corrected chi connectivity index (χ0v) is 10.7. The lowest BCUT2D eigenvalue weighted by Gasteiger charge is -2.30. The number of rotatable bonds is 3. The largest absolute Gasteiger partial charge is 0.396 e. The average Bonchev–Trinajstić information content (AvgIpc) is 2.40. The van der Waals surface area contributed by atoms with E-state index in [1.165, 1.54) is 19.3 Å². The van der Waals surface area contributed by atoms with Crippen LogP contribution in [0.2, 0.25) is 0 Å². The molecule has 3 nitrogen and oxygen atoms in total. The molecule has 0 aromatic rings. The van der Waals surface area contributed by atoms with E-state index in [-0.39, 0.29) is 11.8 Å². The van der Waals surface area contributed by atoms with Crippen molar-refractivity contribution in [2.75, 3.05) is 6.61 Å². The van der Waals surface area contributed by atoms with Crippen LogP contribution in [0.15, 0.2) is 0 Å². The monoisotopic (exact) mass is 239 g/mol. The molecule has 0 aliphatic heterocycles. The molecule has 2 fully saturated rings. The van der Waals surface area contributed by atoms with Crippen molar-refractivity contribution in [3.63, 3.8) is 0 Å². The summed E-state index contributed by atoms with van der Waals surface area (Å²) >= 11 is 0. The van der Waals surface area contributed by atoms with Gasteiger partial charge in [0.25, 0.3) is 0 Å². The Morgan fingerprint density at radius 1 is 1.00 bits per heavy atom. The lowest BCUT2D eigenvalue weighted by molar-refractivity contribution is -0.126. The fourth-order valence-electron chi connectivity index (χ4n) is 3.17. The maximum Gasteiger partial charge on any atom is 0.223 e. The van der Waals surface area contributed by atoms with E-state index in [0.717, 1.165) is 38.5 Å². The Kier molecular flexibility index (Phi) is 4.84. The molecule has 2 aliphatic rings. The number of nitrogens with one attached hydrogen (secondary N) is 1. The number of amides is 1. The van der Waals surface area contributed by atoms with E-state index >= 15 is 0 Å². The number of aliphatic hydroxyl groups is 1. The zero-order valence-electron chi connectivity index (χ0n) is 10.7. The molecule has 17 heavy (non-hydrogen) atoms. The van der Waals surface area contributed by atoms with Gasteiger partial charge in [0, 0.05) is 18.6 Å². The highest BCUT2D eigenvalue weighted by Gasteiger charge is 2.26. The van der Waals surface area contributed by atoms with E-state index in [1.807, 2.05) is 0 Å². The number of carbonyl (C=O) groups is 1. The maximum absolute atomic E-state index is 12.1. The van der Waals surface area contributed by atoms with E-state index in [4.69, 9.17) is 5.11 Å². The van der Waals surface area contributed by atoms with Gasteiger partial charge in [0.1, 0.15) is 0 Å². The molecule has 3 heteroatoms. The molecule has 0 unspecified atom stereocenters. The van der Waals surface area contributed by atoms with Crippen molar-refractivity contribution in [3.8, 4) is 0 Å². The van der Waals surface area contributed by atoms with Crippen LogP contribution in [-0.4, -0.2) is 23.7 Å². The Hall–Kier alpha value is -0.570. The zero-order chi connectivity index (χ0) is 12.1. The summed E-state index contributed by atoms with van der Waals surface area (Å²) in [5.41, 5.74) is 0. The van der Waals surface area contributed by atoms with Crippen LogP contribution >= 0.6 is 0 Å². The van der Waals surface area contributed by atoms with Gasteiger partial charge in [0.05, 0.1) is 0 Å². The second kappa shape index (κ2) is 6.39. The summed E-state index contributed by atoms with van der Waals surface area (Å²) in [6, 6.07) is 0.368. The van der Waals surface area contributed by atoms with Gasteiger partial charge in [-0.05, 0) is 44.4 Å². The van der Waals surface area contributed by atoms with Gasteiger partial charge >= 0.3 is 0 Å². The molecule has 2 N–H and O–H groups in total. The van der Waals surface area contributed by atoms with Crippen LogP contribution in [0, 0.1) is 11.8 Å². The molecule has 0 heterocycles. The van der Waals surface area contributed by atoms with Crippen molar-refractivity contribution < 1.29 is 9.90 Å². The minimum Gasteiger partial charge on any atom is -0.396 e. The molecule has 0 aromatic heterocycles. The van der Waals surface area contributed by atoms with Crippen LogP contribution in [0.5, 0.6) is 0 Å². The van der Waals surface area contributed by atoms with Gasteiger partial charge in [-0.1, -0.05) is 19.3 Å². The Balaban J connectivity index is 1.71. The third-order valence-electron chi connectivity index (χ3n) is 4.43. The topological polar surface area (TPSA) is 49.3 Å².